The lowest BCUT2D eigenvalue weighted by atomic mass is 10.0. The van der Waals surface area contributed by atoms with Gasteiger partial charge >= 0.3 is 11.9 Å². The van der Waals surface area contributed by atoms with Crippen molar-refractivity contribution in [1.29, 1.82) is 0 Å². The van der Waals surface area contributed by atoms with Gasteiger partial charge in [0.05, 0.1) is 18.3 Å². The Hall–Kier alpha value is -2.39. The number of nitrogens with one attached hydrogen (secondary N) is 2. The molecule has 0 aliphatic heterocycles. The van der Waals surface area contributed by atoms with Gasteiger partial charge in [-0.2, -0.15) is 0 Å². The molecular weight excluding hydrogens is 763 g/mol. The van der Waals surface area contributed by atoms with Crippen molar-refractivity contribution in [2.24, 2.45) is 5.92 Å². The van der Waals surface area contributed by atoms with E-state index >= 15 is 0 Å². The maximum Gasteiger partial charge on any atom is 0.306 e. The zero-order chi connectivity index (χ0) is 44.4. The molecule has 356 valence electrons. The van der Waals surface area contributed by atoms with Crippen molar-refractivity contribution in [1.82, 2.24) is 15.2 Å². The first-order valence-corrected chi connectivity index (χ1v) is 25.9. The fourth-order valence-electron chi connectivity index (χ4n) is 8.13. The third-order valence-corrected chi connectivity index (χ3v) is 12.0. The van der Waals surface area contributed by atoms with Gasteiger partial charge < -0.3 is 29.8 Å². The maximum atomic E-state index is 12.9. The van der Waals surface area contributed by atoms with Crippen LogP contribution in [-0.4, -0.2) is 77.8 Å². The van der Waals surface area contributed by atoms with Crippen LogP contribution in [0.4, 0.5) is 0 Å². The number of hydrogen-bond donors (Lipinski definition) is 3. The summed E-state index contributed by atoms with van der Waals surface area (Å²) in [4.78, 5) is 42.7. The van der Waals surface area contributed by atoms with E-state index in [2.05, 4.69) is 42.9 Å². The molecule has 1 heterocycles. The summed E-state index contributed by atoms with van der Waals surface area (Å²) in [6, 6.07) is 1.76. The Morgan fingerprint density at radius 2 is 1.13 bits per heavy atom. The average Bonchev–Trinajstić information content (AvgIpc) is 3.79. The van der Waals surface area contributed by atoms with E-state index in [1.807, 2.05) is 0 Å². The summed E-state index contributed by atoms with van der Waals surface area (Å²) in [5, 5.41) is 13.9. The van der Waals surface area contributed by atoms with Crippen LogP contribution in [0, 0.1) is 5.92 Å². The Labute approximate surface area is 375 Å². The van der Waals surface area contributed by atoms with Crippen LogP contribution in [0.1, 0.15) is 250 Å². The third-order valence-electron chi connectivity index (χ3n) is 12.0. The zero-order valence-electron chi connectivity index (χ0n) is 40.3. The quantitative estimate of drug-likeness (QED) is 0.0441. The Kier molecular flexibility index (Phi) is 38.6. The lowest BCUT2D eigenvalue weighted by Crippen LogP contribution is -2.34. The molecular formula is C52H97N3O6. The van der Waals surface area contributed by atoms with Crippen LogP contribution < -0.4 is 5.32 Å². The van der Waals surface area contributed by atoms with Gasteiger partial charge in [0, 0.05) is 38.3 Å². The minimum absolute atomic E-state index is 0.0127. The fraction of sp³-hybridized carbons (Fsp3) is 0.865. The Morgan fingerprint density at radius 1 is 0.623 bits per heavy atom. The van der Waals surface area contributed by atoms with Crippen LogP contribution in [0.2, 0.25) is 0 Å². The van der Waals surface area contributed by atoms with Gasteiger partial charge in [0.25, 0.3) is 5.91 Å². The molecule has 1 rings (SSSR count). The molecule has 0 aliphatic rings. The molecule has 0 fully saturated rings. The molecule has 1 unspecified atom stereocenters. The lowest BCUT2D eigenvalue weighted by Gasteiger charge is -2.25. The van der Waals surface area contributed by atoms with E-state index in [1.165, 1.54) is 89.9 Å². The molecule has 0 aromatic carbocycles. The first-order chi connectivity index (χ1) is 29.7. The van der Waals surface area contributed by atoms with E-state index < -0.39 is 6.10 Å². The summed E-state index contributed by atoms with van der Waals surface area (Å²) in [7, 11) is 0. The molecule has 3 N–H and O–H groups in total. The van der Waals surface area contributed by atoms with Crippen LogP contribution in [-0.2, 0) is 19.1 Å². The first-order valence-electron chi connectivity index (χ1n) is 25.9. The second kappa shape index (κ2) is 41.6. The van der Waals surface area contributed by atoms with Crippen molar-refractivity contribution in [2.75, 3.05) is 32.8 Å². The highest BCUT2D eigenvalue weighted by molar-refractivity contribution is 5.93. The number of carbonyl (C=O) groups excluding carboxylic acids is 3. The molecule has 0 saturated heterocycles. The second-order valence-electron chi connectivity index (χ2n) is 18.5. The van der Waals surface area contributed by atoms with E-state index in [1.54, 1.807) is 18.5 Å². The Bertz CT molecular complexity index is 1110. The smallest absolute Gasteiger partial charge is 0.306 e. The molecule has 1 atom stereocenters. The van der Waals surface area contributed by atoms with E-state index in [-0.39, 0.29) is 23.9 Å². The van der Waals surface area contributed by atoms with E-state index in [4.69, 9.17) is 9.47 Å². The fourth-order valence-corrected chi connectivity index (χ4v) is 8.13. The highest BCUT2D eigenvalue weighted by atomic mass is 16.5. The van der Waals surface area contributed by atoms with Crippen LogP contribution in [0.15, 0.2) is 18.5 Å². The number of aromatic nitrogens is 1. The van der Waals surface area contributed by atoms with Crippen LogP contribution >= 0.6 is 0 Å². The molecule has 1 aromatic rings. The molecule has 0 aliphatic carbocycles. The second-order valence-corrected chi connectivity index (χ2v) is 18.5. The summed E-state index contributed by atoms with van der Waals surface area (Å²) in [6.07, 6.45) is 38.8. The number of rotatable bonds is 45. The Balaban J connectivity index is 2.40. The van der Waals surface area contributed by atoms with Gasteiger partial charge in [-0.1, -0.05) is 150 Å². The molecule has 9 heteroatoms. The SMILES string of the molecule is CCCCCCCCC(CCCCCCCC)OC(=O)CCCCCCCN(CCCCCC(=O)OCCCCCCCC(C)C)CC(O)CCCCNC(=O)c1cc[nH]c1. The van der Waals surface area contributed by atoms with E-state index in [0.29, 0.717) is 44.5 Å². The number of aliphatic hydroxyl groups is 1. The number of aromatic amines is 1. The molecule has 0 radical (unpaired) electrons. The standard InChI is InChI=1S/C52H97N3O6/c1-5-7-9-11-16-23-34-49(35-24-17-12-10-8-6-2)61-51(58)37-25-18-13-19-29-41-55(45-48(56)33-27-28-39-54-52(59)47-38-40-53-44-47)42-30-21-26-36-50(57)60-43-31-20-14-15-22-32-46(3)4/h38,40,44,46,48-49,53,56H,5-37,39,41-43,45H2,1-4H3,(H,54,59). The average molecular weight is 860 g/mol. The number of ether oxygens (including phenoxy) is 2. The van der Waals surface area contributed by atoms with Gasteiger partial charge in [0.1, 0.15) is 6.10 Å². The summed E-state index contributed by atoms with van der Waals surface area (Å²) < 4.78 is 11.6. The van der Waals surface area contributed by atoms with Gasteiger partial charge in [-0.25, -0.2) is 0 Å². The van der Waals surface area contributed by atoms with Crippen molar-refractivity contribution >= 4 is 17.8 Å². The zero-order valence-corrected chi connectivity index (χ0v) is 40.3. The molecule has 61 heavy (non-hydrogen) atoms. The minimum Gasteiger partial charge on any atom is -0.466 e. The largest absolute Gasteiger partial charge is 0.466 e. The normalized spacial score (nSPS) is 12.1. The van der Waals surface area contributed by atoms with Gasteiger partial charge in [0.15, 0.2) is 0 Å². The first kappa shape index (κ1) is 56.6. The predicted molar refractivity (Wildman–Crippen MR) is 255 cm³/mol. The molecule has 1 aromatic heterocycles. The lowest BCUT2D eigenvalue weighted by molar-refractivity contribution is -0.150. The van der Waals surface area contributed by atoms with Crippen molar-refractivity contribution in [3.8, 4) is 0 Å². The predicted octanol–water partition coefficient (Wildman–Crippen LogP) is 13.4. The summed E-state index contributed by atoms with van der Waals surface area (Å²) >= 11 is 0. The number of hydrogen-bond acceptors (Lipinski definition) is 7. The monoisotopic (exact) mass is 860 g/mol. The molecule has 0 bridgehead atoms. The van der Waals surface area contributed by atoms with Crippen LogP contribution in [0.5, 0.6) is 0 Å². The summed E-state index contributed by atoms with van der Waals surface area (Å²) in [5.41, 5.74) is 0.634. The Morgan fingerprint density at radius 3 is 1.72 bits per heavy atom. The number of unbranched alkanes of at least 4 members (excludes halogenated alkanes) is 21. The maximum absolute atomic E-state index is 12.9. The van der Waals surface area contributed by atoms with Crippen LogP contribution in [0.3, 0.4) is 0 Å². The van der Waals surface area contributed by atoms with Crippen molar-refractivity contribution in [2.45, 2.75) is 252 Å². The molecule has 0 saturated carbocycles. The molecule has 9 nitrogen and oxygen atoms in total. The van der Waals surface area contributed by atoms with Crippen molar-refractivity contribution < 1.29 is 29.0 Å². The van der Waals surface area contributed by atoms with E-state index in [0.717, 1.165) is 122 Å². The van der Waals surface area contributed by atoms with Gasteiger partial charge in [-0.15, -0.1) is 0 Å². The van der Waals surface area contributed by atoms with Crippen LogP contribution in [0.25, 0.3) is 0 Å². The molecule has 0 spiro atoms. The minimum atomic E-state index is -0.414. The van der Waals surface area contributed by atoms with E-state index in [9.17, 15) is 19.5 Å². The van der Waals surface area contributed by atoms with Crippen molar-refractivity contribution in [3.63, 3.8) is 0 Å². The number of amides is 1. The third kappa shape index (κ3) is 36.8. The number of aliphatic hydroxyl groups excluding tert-OH is 1. The summed E-state index contributed by atoms with van der Waals surface area (Å²) in [5.74, 6) is 0.611. The topological polar surface area (TPSA) is 121 Å². The number of esters is 2. The number of H-pyrrole nitrogens is 1. The van der Waals surface area contributed by atoms with Gasteiger partial charge in [-0.3, -0.25) is 14.4 Å². The summed E-state index contributed by atoms with van der Waals surface area (Å²) in [6.45, 7) is 12.7. The number of carbonyl (C=O) groups is 3. The highest BCUT2D eigenvalue weighted by Gasteiger charge is 2.15. The molecule has 1 amide bonds. The van der Waals surface area contributed by atoms with Gasteiger partial charge in [0.2, 0.25) is 0 Å². The highest BCUT2D eigenvalue weighted by Crippen LogP contribution is 2.19. The van der Waals surface area contributed by atoms with Crippen molar-refractivity contribution in [3.05, 3.63) is 24.0 Å². The van der Waals surface area contributed by atoms with Gasteiger partial charge in [-0.05, 0) is 102 Å². The number of nitrogens with zero attached hydrogens (tertiary/aromatic N) is 1.